The number of esters is 1. The van der Waals surface area contributed by atoms with Crippen LogP contribution < -0.4 is 5.32 Å². The highest BCUT2D eigenvalue weighted by Crippen LogP contribution is 2.46. The molecule has 1 aliphatic heterocycles. The quantitative estimate of drug-likeness (QED) is 0.588. The third-order valence-electron chi connectivity index (χ3n) is 5.88. The lowest BCUT2D eigenvalue weighted by Crippen LogP contribution is -2.38. The van der Waals surface area contributed by atoms with Crippen LogP contribution >= 0.6 is 22.9 Å². The first-order valence-corrected chi connectivity index (χ1v) is 12.6. The van der Waals surface area contributed by atoms with Gasteiger partial charge in [0.15, 0.2) is 0 Å². The maximum atomic E-state index is 12.8. The number of ether oxygens (including phenoxy) is 1. The van der Waals surface area contributed by atoms with Crippen molar-refractivity contribution in [2.45, 2.75) is 32.1 Å². The van der Waals surface area contributed by atoms with E-state index in [1.165, 1.54) is 11.3 Å². The van der Waals surface area contributed by atoms with Gasteiger partial charge in [-0.2, -0.15) is 0 Å². The molecule has 0 unspecified atom stereocenters. The number of nitrogens with zero attached hydrogens (tertiary/aromatic N) is 2. The Morgan fingerprint density at radius 3 is 2.73 bits per heavy atom. The zero-order valence-electron chi connectivity index (χ0n) is 18.6. The number of hydrogen-bond acceptors (Lipinski definition) is 6. The van der Waals surface area contributed by atoms with Crippen LogP contribution in [0.15, 0.2) is 29.6 Å². The first kappa shape index (κ1) is 23.7. The molecule has 0 radical (unpaired) electrons. The molecule has 7 nitrogen and oxygen atoms in total. The second-order valence-corrected chi connectivity index (χ2v) is 9.69. The molecular formula is C24H28ClN3O4S. The normalized spacial score (nSPS) is 16.8. The molecule has 176 valence electrons. The van der Waals surface area contributed by atoms with Crippen molar-refractivity contribution < 1.29 is 19.1 Å². The van der Waals surface area contributed by atoms with Crippen LogP contribution in [0.25, 0.3) is 0 Å². The highest BCUT2D eigenvalue weighted by molar-refractivity contribution is 7.15. The molecule has 0 bridgehead atoms. The van der Waals surface area contributed by atoms with Crippen molar-refractivity contribution in [2.75, 3.05) is 44.6 Å². The topological polar surface area (TPSA) is 79.0 Å². The number of hydrogen-bond donors (Lipinski definition) is 1. The number of anilines is 1. The van der Waals surface area contributed by atoms with E-state index in [0.29, 0.717) is 53.3 Å². The van der Waals surface area contributed by atoms with Crippen molar-refractivity contribution in [2.24, 2.45) is 0 Å². The minimum absolute atomic E-state index is 0.0472. The maximum Gasteiger partial charge on any atom is 0.341 e. The van der Waals surface area contributed by atoms with Crippen LogP contribution in [0.4, 0.5) is 5.00 Å². The molecule has 1 aromatic heterocycles. The number of amides is 2. The van der Waals surface area contributed by atoms with Crippen LogP contribution in [0.2, 0.25) is 5.02 Å². The summed E-state index contributed by atoms with van der Waals surface area (Å²) in [6.07, 6.45) is 2.90. The van der Waals surface area contributed by atoms with Crippen molar-refractivity contribution in [1.29, 1.82) is 0 Å². The average molecular weight is 490 g/mol. The fourth-order valence-electron chi connectivity index (χ4n) is 4.08. The minimum atomic E-state index is -0.374. The SMILES string of the molecule is CCOC(=O)c1c(C2CC2)csc1NC(=O)CN1CCCN(C(=O)c2cccc(Cl)c2)CC1. The van der Waals surface area contributed by atoms with Crippen molar-refractivity contribution >= 4 is 45.7 Å². The summed E-state index contributed by atoms with van der Waals surface area (Å²) >= 11 is 7.41. The summed E-state index contributed by atoms with van der Waals surface area (Å²) in [5.74, 6) is -0.200. The van der Waals surface area contributed by atoms with Gasteiger partial charge in [0, 0.05) is 36.8 Å². The van der Waals surface area contributed by atoms with Gasteiger partial charge in [-0.05, 0) is 61.2 Å². The van der Waals surface area contributed by atoms with Gasteiger partial charge in [-0.1, -0.05) is 17.7 Å². The summed E-state index contributed by atoms with van der Waals surface area (Å²) < 4.78 is 5.23. The number of carbonyl (C=O) groups is 3. The van der Waals surface area contributed by atoms with E-state index in [1.54, 1.807) is 31.2 Å². The summed E-state index contributed by atoms with van der Waals surface area (Å²) in [5.41, 5.74) is 2.06. The van der Waals surface area contributed by atoms with Crippen LogP contribution in [0.5, 0.6) is 0 Å². The largest absolute Gasteiger partial charge is 0.462 e. The highest BCUT2D eigenvalue weighted by Gasteiger charge is 2.32. The van der Waals surface area contributed by atoms with Crippen LogP contribution in [-0.2, 0) is 9.53 Å². The van der Waals surface area contributed by atoms with Gasteiger partial charge >= 0.3 is 5.97 Å². The van der Waals surface area contributed by atoms with E-state index in [4.69, 9.17) is 16.3 Å². The van der Waals surface area contributed by atoms with Gasteiger partial charge in [-0.15, -0.1) is 11.3 Å². The fraction of sp³-hybridized carbons (Fsp3) is 0.458. The molecule has 1 saturated carbocycles. The zero-order chi connectivity index (χ0) is 23.4. The number of benzene rings is 1. The Balaban J connectivity index is 1.35. The Morgan fingerprint density at radius 1 is 1.18 bits per heavy atom. The van der Waals surface area contributed by atoms with Crippen LogP contribution in [0, 0.1) is 0 Å². The molecule has 1 N–H and O–H groups in total. The molecule has 2 heterocycles. The molecule has 2 aromatic rings. The molecule has 9 heteroatoms. The van der Waals surface area contributed by atoms with E-state index in [-0.39, 0.29) is 24.3 Å². The maximum absolute atomic E-state index is 12.8. The van der Waals surface area contributed by atoms with Gasteiger partial charge in [-0.25, -0.2) is 4.79 Å². The summed E-state index contributed by atoms with van der Waals surface area (Å²) in [7, 11) is 0. The Bertz CT molecular complexity index is 1040. The summed E-state index contributed by atoms with van der Waals surface area (Å²) in [4.78, 5) is 42.0. The number of halogens is 1. The van der Waals surface area contributed by atoms with E-state index in [1.807, 2.05) is 15.2 Å². The van der Waals surface area contributed by atoms with Gasteiger partial charge in [0.05, 0.1) is 18.7 Å². The fourth-order valence-corrected chi connectivity index (χ4v) is 5.31. The van der Waals surface area contributed by atoms with Gasteiger partial charge in [-0.3, -0.25) is 14.5 Å². The molecule has 0 atom stereocenters. The highest BCUT2D eigenvalue weighted by atomic mass is 35.5. The van der Waals surface area contributed by atoms with Crippen molar-refractivity contribution in [1.82, 2.24) is 9.80 Å². The lowest BCUT2D eigenvalue weighted by atomic mass is 10.1. The van der Waals surface area contributed by atoms with Gasteiger partial charge in [0.2, 0.25) is 5.91 Å². The predicted molar refractivity (Wildman–Crippen MR) is 129 cm³/mol. The number of nitrogens with one attached hydrogen (secondary N) is 1. The lowest BCUT2D eigenvalue weighted by molar-refractivity contribution is -0.117. The van der Waals surface area contributed by atoms with E-state index < -0.39 is 0 Å². The Morgan fingerprint density at radius 2 is 2.00 bits per heavy atom. The van der Waals surface area contributed by atoms with E-state index in [0.717, 1.165) is 31.4 Å². The first-order chi connectivity index (χ1) is 16.0. The average Bonchev–Trinajstić information content (AvgIpc) is 3.58. The second kappa shape index (κ2) is 10.7. The number of thiophene rings is 1. The van der Waals surface area contributed by atoms with E-state index >= 15 is 0 Å². The standard InChI is InChI=1S/C24H28ClN3O4S/c1-2-32-24(31)21-19(16-7-8-16)15-33-22(21)26-20(29)14-27-9-4-10-28(12-11-27)23(30)17-5-3-6-18(25)13-17/h3,5-6,13,15-16H,2,4,7-12,14H2,1H3,(H,26,29). The third kappa shape index (κ3) is 5.93. The molecule has 33 heavy (non-hydrogen) atoms. The Kier molecular flexibility index (Phi) is 7.67. The molecule has 0 spiro atoms. The summed E-state index contributed by atoms with van der Waals surface area (Å²) in [6, 6.07) is 6.96. The second-order valence-electron chi connectivity index (χ2n) is 8.37. The summed E-state index contributed by atoms with van der Waals surface area (Å²) in [5, 5.41) is 5.99. The Hall–Kier alpha value is -2.42. The van der Waals surface area contributed by atoms with Gasteiger partial charge < -0.3 is 15.0 Å². The molecule has 2 aliphatic rings. The molecule has 1 saturated heterocycles. The molecule has 1 aromatic carbocycles. The predicted octanol–water partition coefficient (Wildman–Crippen LogP) is 4.24. The van der Waals surface area contributed by atoms with Crippen LogP contribution in [0.1, 0.15) is 58.4 Å². The van der Waals surface area contributed by atoms with E-state index in [9.17, 15) is 14.4 Å². The number of carbonyl (C=O) groups excluding carboxylic acids is 3. The third-order valence-corrected chi connectivity index (χ3v) is 7.03. The van der Waals surface area contributed by atoms with Gasteiger partial charge in [0.25, 0.3) is 5.91 Å². The van der Waals surface area contributed by atoms with Crippen LogP contribution in [-0.4, -0.2) is 66.9 Å². The van der Waals surface area contributed by atoms with Crippen molar-refractivity contribution in [3.05, 3.63) is 51.4 Å². The van der Waals surface area contributed by atoms with E-state index in [2.05, 4.69) is 5.32 Å². The zero-order valence-corrected chi connectivity index (χ0v) is 20.2. The number of rotatable bonds is 7. The monoisotopic (exact) mass is 489 g/mol. The smallest absolute Gasteiger partial charge is 0.341 e. The minimum Gasteiger partial charge on any atom is -0.462 e. The van der Waals surface area contributed by atoms with Crippen molar-refractivity contribution in [3.8, 4) is 0 Å². The molecule has 2 fully saturated rings. The molecular weight excluding hydrogens is 462 g/mol. The molecule has 4 rings (SSSR count). The lowest BCUT2D eigenvalue weighted by Gasteiger charge is -2.22. The first-order valence-electron chi connectivity index (χ1n) is 11.3. The summed E-state index contributed by atoms with van der Waals surface area (Å²) in [6.45, 7) is 4.77. The van der Waals surface area contributed by atoms with Gasteiger partial charge in [0.1, 0.15) is 5.00 Å². The van der Waals surface area contributed by atoms with Crippen LogP contribution in [0.3, 0.4) is 0 Å². The molecule has 2 amide bonds. The molecule has 1 aliphatic carbocycles. The Labute approximate surface area is 202 Å². The van der Waals surface area contributed by atoms with Crippen molar-refractivity contribution in [3.63, 3.8) is 0 Å².